The molecule has 38 heavy (non-hydrogen) atoms. The summed E-state index contributed by atoms with van der Waals surface area (Å²) in [6.45, 7) is 0.953. The Hall–Kier alpha value is -3.86. The molecule has 3 heterocycles. The number of carbonyl (C=O) groups excluding carboxylic acids is 3. The van der Waals surface area contributed by atoms with Crippen LogP contribution in [0.4, 0.5) is 4.39 Å². The van der Waals surface area contributed by atoms with Crippen molar-refractivity contribution in [1.82, 2.24) is 19.7 Å². The monoisotopic (exact) mass is 539 g/mol. The predicted octanol–water partition coefficient (Wildman–Crippen LogP) is 2.53. The lowest BCUT2D eigenvalue weighted by Gasteiger charge is -2.37. The average Bonchev–Trinajstić information content (AvgIpc) is 3.73. The van der Waals surface area contributed by atoms with Gasteiger partial charge in [0.1, 0.15) is 24.1 Å². The summed E-state index contributed by atoms with van der Waals surface area (Å²) in [5.74, 6) is -4.42. The number of pyridine rings is 1. The molecule has 0 unspecified atom stereocenters. The fraction of sp³-hybridized carbons (Fsp3) is 0.385. The molecule has 12 heteroatoms. The van der Waals surface area contributed by atoms with E-state index < -0.39 is 53.1 Å². The molecule has 0 spiro atoms. The van der Waals surface area contributed by atoms with E-state index in [1.54, 1.807) is 18.2 Å². The Morgan fingerprint density at radius 1 is 1.21 bits per heavy atom. The number of halogens is 2. The lowest BCUT2D eigenvalue weighted by Crippen LogP contribution is -2.56. The van der Waals surface area contributed by atoms with Gasteiger partial charge in [0.25, 0.3) is 0 Å². The van der Waals surface area contributed by atoms with Gasteiger partial charge in [-0.15, -0.1) is 0 Å². The Balaban J connectivity index is 1.42. The summed E-state index contributed by atoms with van der Waals surface area (Å²) < 4.78 is 16.3. The van der Waals surface area contributed by atoms with E-state index in [9.17, 15) is 28.7 Å². The highest BCUT2D eigenvalue weighted by atomic mass is 35.5. The van der Waals surface area contributed by atoms with E-state index in [4.69, 9.17) is 17.3 Å². The van der Waals surface area contributed by atoms with Crippen LogP contribution in [0.1, 0.15) is 48.2 Å². The molecule has 5 atom stereocenters. The second-order valence-electron chi connectivity index (χ2n) is 10.4. The Morgan fingerprint density at radius 2 is 1.97 bits per heavy atom. The van der Waals surface area contributed by atoms with Crippen molar-refractivity contribution in [2.24, 2.45) is 17.1 Å². The van der Waals surface area contributed by atoms with Gasteiger partial charge < -0.3 is 15.7 Å². The van der Waals surface area contributed by atoms with Gasteiger partial charge in [-0.25, -0.2) is 18.9 Å². The highest BCUT2D eigenvalue weighted by Crippen LogP contribution is 2.79. The Morgan fingerprint density at radius 3 is 2.66 bits per heavy atom. The molecule has 0 radical (unpaired) electrons. The number of carboxylic acid groups (broad SMARTS) is 1. The molecule has 2 amide bonds. The lowest BCUT2D eigenvalue weighted by atomic mass is 9.85. The molecule has 1 aliphatic heterocycles. The van der Waals surface area contributed by atoms with E-state index in [1.807, 2.05) is 0 Å². The van der Waals surface area contributed by atoms with Gasteiger partial charge in [-0.1, -0.05) is 23.7 Å². The maximum atomic E-state index is 15.0. The number of rotatable bonds is 7. The van der Waals surface area contributed by atoms with Crippen LogP contribution in [0.3, 0.4) is 0 Å². The van der Waals surface area contributed by atoms with Gasteiger partial charge in [-0.05, 0) is 48.9 Å². The number of aliphatic carboxylic acids is 1. The number of ketones is 1. The molecule has 3 aromatic rings. The van der Waals surface area contributed by atoms with Crippen molar-refractivity contribution >= 4 is 46.2 Å². The lowest BCUT2D eigenvalue weighted by molar-refractivity contribution is -0.154. The van der Waals surface area contributed by atoms with Gasteiger partial charge in [-0.3, -0.25) is 14.4 Å². The molecule has 3 fully saturated rings. The van der Waals surface area contributed by atoms with Crippen molar-refractivity contribution in [2.45, 2.75) is 50.2 Å². The molecule has 3 N–H and O–H groups in total. The molecule has 196 valence electrons. The summed E-state index contributed by atoms with van der Waals surface area (Å²) in [6, 6.07) is 6.63. The first-order chi connectivity index (χ1) is 18.0. The zero-order valence-corrected chi connectivity index (χ0v) is 21.0. The molecule has 2 saturated carbocycles. The number of hydrogen-bond acceptors (Lipinski definition) is 6. The predicted molar refractivity (Wildman–Crippen MR) is 132 cm³/mol. The number of likely N-dealkylation sites (tertiary alicyclic amines) is 1. The summed E-state index contributed by atoms with van der Waals surface area (Å²) >= 11 is 6.00. The normalized spacial score (nSPS) is 29.2. The molecule has 2 aromatic heterocycles. The second-order valence-corrected chi connectivity index (χ2v) is 10.8. The highest BCUT2D eigenvalue weighted by molar-refractivity contribution is 6.30. The number of hydrogen-bond donors (Lipinski definition) is 2. The van der Waals surface area contributed by atoms with Crippen LogP contribution in [-0.4, -0.2) is 59.9 Å². The summed E-state index contributed by atoms with van der Waals surface area (Å²) in [5, 5.41) is 14.7. The summed E-state index contributed by atoms with van der Waals surface area (Å²) in [4.78, 5) is 56.9. The molecule has 6 rings (SSSR count). The SMILES string of the molecule is CC(=O)c1nn(CC(=O)N2[C@H](C(=O)O)C[C@H]3C[C@@]32[C@@]2(C(N)=O)C[C@@H]2c2cccc(Cl)c2F)c2ncccc12. The number of piperidine rings is 1. The quantitative estimate of drug-likeness (QED) is 0.438. The van der Waals surface area contributed by atoms with Crippen molar-refractivity contribution < 1.29 is 28.7 Å². The van der Waals surface area contributed by atoms with E-state index >= 15 is 0 Å². The number of aromatic nitrogens is 3. The number of carbonyl (C=O) groups is 4. The second kappa shape index (κ2) is 8.07. The van der Waals surface area contributed by atoms with E-state index in [1.165, 1.54) is 34.8 Å². The number of nitrogens with two attached hydrogens (primary N) is 1. The molecule has 2 aliphatic carbocycles. The Bertz CT molecular complexity index is 1570. The van der Waals surface area contributed by atoms with Crippen molar-refractivity contribution in [3.05, 3.63) is 58.6 Å². The molecule has 1 aromatic carbocycles. The molecule has 0 bridgehead atoms. The van der Waals surface area contributed by atoms with E-state index in [2.05, 4.69) is 10.1 Å². The Kier molecular flexibility index (Phi) is 5.20. The van der Waals surface area contributed by atoms with E-state index in [-0.39, 0.29) is 40.8 Å². The third-order valence-electron chi connectivity index (χ3n) is 8.53. The number of carboxylic acids is 1. The zero-order valence-electron chi connectivity index (χ0n) is 20.2. The number of amides is 2. The van der Waals surface area contributed by atoms with E-state index in [0.717, 1.165) is 0 Å². The van der Waals surface area contributed by atoms with Gasteiger partial charge in [-0.2, -0.15) is 5.10 Å². The zero-order chi connectivity index (χ0) is 27.1. The highest BCUT2D eigenvalue weighted by Gasteiger charge is 2.85. The van der Waals surface area contributed by atoms with Crippen LogP contribution in [0.2, 0.25) is 5.02 Å². The maximum absolute atomic E-state index is 15.0. The minimum Gasteiger partial charge on any atom is -0.480 e. The summed E-state index contributed by atoms with van der Waals surface area (Å²) in [7, 11) is 0. The number of primary amides is 1. The van der Waals surface area contributed by atoms with Crippen LogP contribution >= 0.6 is 11.6 Å². The van der Waals surface area contributed by atoms with Crippen LogP contribution in [0, 0.1) is 17.2 Å². The molecule has 3 aliphatic rings. The van der Waals surface area contributed by atoms with Crippen LogP contribution in [0.15, 0.2) is 36.5 Å². The summed E-state index contributed by atoms with van der Waals surface area (Å²) in [6.07, 6.45) is 2.20. The van der Waals surface area contributed by atoms with Crippen LogP contribution < -0.4 is 5.73 Å². The smallest absolute Gasteiger partial charge is 0.326 e. The van der Waals surface area contributed by atoms with Gasteiger partial charge in [0, 0.05) is 19.0 Å². The third-order valence-corrected chi connectivity index (χ3v) is 8.82. The number of benzene rings is 1. The van der Waals surface area contributed by atoms with E-state index in [0.29, 0.717) is 17.5 Å². The van der Waals surface area contributed by atoms with Gasteiger partial charge in [0.15, 0.2) is 11.4 Å². The number of Topliss-reactive ketones (excluding diaryl/α,β-unsaturated/α-hetero) is 1. The molecular weight excluding hydrogens is 517 g/mol. The molecular formula is C26H23ClFN5O5. The molecule has 1 saturated heterocycles. The van der Waals surface area contributed by atoms with Crippen molar-refractivity contribution in [3.8, 4) is 0 Å². The topological polar surface area (TPSA) is 148 Å². The first-order valence-corrected chi connectivity index (χ1v) is 12.5. The van der Waals surface area contributed by atoms with Gasteiger partial charge in [0.2, 0.25) is 11.8 Å². The van der Waals surface area contributed by atoms with Crippen LogP contribution in [0.5, 0.6) is 0 Å². The van der Waals surface area contributed by atoms with Crippen LogP contribution in [0.25, 0.3) is 11.0 Å². The van der Waals surface area contributed by atoms with Gasteiger partial charge in [0.05, 0.1) is 21.4 Å². The fourth-order valence-electron chi connectivity index (χ4n) is 6.89. The number of nitrogens with zero attached hydrogens (tertiary/aromatic N) is 4. The first-order valence-electron chi connectivity index (χ1n) is 12.2. The summed E-state index contributed by atoms with van der Waals surface area (Å²) in [5.41, 5.74) is 4.10. The fourth-order valence-corrected chi connectivity index (χ4v) is 7.07. The maximum Gasteiger partial charge on any atom is 0.326 e. The largest absolute Gasteiger partial charge is 0.480 e. The van der Waals surface area contributed by atoms with Crippen molar-refractivity contribution in [3.63, 3.8) is 0 Å². The number of fused-ring (bicyclic) bond motifs is 2. The minimum atomic E-state index is -1.34. The first kappa shape index (κ1) is 24.5. The van der Waals surface area contributed by atoms with Crippen molar-refractivity contribution in [2.75, 3.05) is 0 Å². The van der Waals surface area contributed by atoms with Gasteiger partial charge >= 0.3 is 5.97 Å². The van der Waals surface area contributed by atoms with Crippen LogP contribution in [-0.2, 0) is 20.9 Å². The molecule has 10 nitrogen and oxygen atoms in total. The van der Waals surface area contributed by atoms with Crippen molar-refractivity contribution in [1.29, 1.82) is 0 Å². The third kappa shape index (κ3) is 3.11. The minimum absolute atomic E-state index is 0.0975. The standard InChI is InChI=1S/C26H23ClFN5O5/c1-12(34)21-15-5-3-7-30-22(15)32(31-21)11-19(35)33-18(23(36)37)8-13-9-26(13,33)25(24(29)38)10-16(25)14-4-2-6-17(27)20(14)28/h2-7,13,16,18H,8-11H2,1H3,(H2,29,38)(H,36,37)/t13-,16+,18-,25-,26-/m0/s1. The average molecular weight is 540 g/mol. The Labute approximate surface area is 220 Å².